The summed E-state index contributed by atoms with van der Waals surface area (Å²) < 4.78 is 32.0. The Labute approximate surface area is 193 Å². The second kappa shape index (κ2) is 11.3. The largest absolute Gasteiger partial charge is 0.507 e. The van der Waals surface area contributed by atoms with Crippen molar-refractivity contribution in [2.24, 2.45) is 0 Å². The Kier molecular flexibility index (Phi) is 8.78. The van der Waals surface area contributed by atoms with Gasteiger partial charge in [-0.05, 0) is 12.1 Å². The quantitative estimate of drug-likeness (QED) is 0.386. The summed E-state index contributed by atoms with van der Waals surface area (Å²) in [4.78, 5) is 58.3. The third kappa shape index (κ3) is 6.81. The van der Waals surface area contributed by atoms with Gasteiger partial charge in [0.05, 0.1) is 0 Å². The summed E-state index contributed by atoms with van der Waals surface area (Å²) in [6, 6.07) is 3.61. The van der Waals surface area contributed by atoms with Gasteiger partial charge in [0.1, 0.15) is 29.8 Å². The highest BCUT2D eigenvalue weighted by atomic mass is 16.7. The first-order chi connectivity index (χ1) is 15.9. The first kappa shape index (κ1) is 26.4. The number of ether oxygens (including phenoxy) is 6. The molecule has 186 valence electrons. The molecule has 13 heteroatoms. The van der Waals surface area contributed by atoms with E-state index in [1.807, 2.05) is 0 Å². The van der Waals surface area contributed by atoms with Gasteiger partial charge in [-0.2, -0.15) is 0 Å². The van der Waals surface area contributed by atoms with Gasteiger partial charge < -0.3 is 38.6 Å². The maximum Gasteiger partial charge on any atom is 0.343 e. The van der Waals surface area contributed by atoms with Gasteiger partial charge in [-0.1, -0.05) is 6.07 Å². The molecule has 0 saturated carbocycles. The van der Waals surface area contributed by atoms with Crippen molar-refractivity contribution in [3.63, 3.8) is 0 Å². The van der Waals surface area contributed by atoms with Crippen LogP contribution >= 0.6 is 0 Å². The van der Waals surface area contributed by atoms with Gasteiger partial charge in [0.25, 0.3) is 0 Å². The second-order valence-electron chi connectivity index (χ2n) is 7.14. The molecule has 5 unspecified atom stereocenters. The van der Waals surface area contributed by atoms with Crippen LogP contribution in [0.4, 0.5) is 0 Å². The SMILES string of the molecule is CC(=O)OCC1OC(Oc2cccc(O)c2C(=O)O)C(OC(C)=O)C(OC(C)=O)C1OC(C)=O. The van der Waals surface area contributed by atoms with Crippen molar-refractivity contribution in [3.8, 4) is 11.5 Å². The number of rotatable bonds is 8. The molecule has 13 nitrogen and oxygen atoms in total. The first-order valence-corrected chi connectivity index (χ1v) is 9.93. The summed E-state index contributed by atoms with van der Waals surface area (Å²) in [5, 5.41) is 19.4. The van der Waals surface area contributed by atoms with Gasteiger partial charge in [-0.3, -0.25) is 19.2 Å². The molecule has 0 amide bonds. The number of benzene rings is 1. The molecule has 1 fully saturated rings. The topological polar surface area (TPSA) is 181 Å². The molecule has 0 spiro atoms. The number of carbonyl (C=O) groups is 5. The van der Waals surface area contributed by atoms with Crippen LogP contribution in [-0.2, 0) is 42.9 Å². The van der Waals surface area contributed by atoms with E-state index in [-0.39, 0.29) is 5.75 Å². The van der Waals surface area contributed by atoms with Crippen LogP contribution in [0, 0.1) is 0 Å². The molecule has 1 aliphatic heterocycles. The molecule has 0 bridgehead atoms. The van der Waals surface area contributed by atoms with E-state index in [1.54, 1.807) is 0 Å². The van der Waals surface area contributed by atoms with Crippen molar-refractivity contribution in [1.82, 2.24) is 0 Å². The van der Waals surface area contributed by atoms with Crippen LogP contribution in [0.15, 0.2) is 18.2 Å². The van der Waals surface area contributed by atoms with Crippen molar-refractivity contribution < 1.29 is 62.6 Å². The zero-order chi connectivity index (χ0) is 25.6. The zero-order valence-electron chi connectivity index (χ0n) is 18.7. The molecule has 1 aromatic rings. The Hall–Kier alpha value is -3.87. The molecule has 2 N–H and O–H groups in total. The second-order valence-corrected chi connectivity index (χ2v) is 7.14. The van der Waals surface area contributed by atoms with E-state index in [0.717, 1.165) is 33.8 Å². The molecule has 0 aromatic heterocycles. The lowest BCUT2D eigenvalue weighted by Gasteiger charge is -2.44. The van der Waals surface area contributed by atoms with Crippen LogP contribution in [0.5, 0.6) is 11.5 Å². The number of aromatic hydroxyl groups is 1. The van der Waals surface area contributed by atoms with Crippen molar-refractivity contribution in [2.45, 2.75) is 58.4 Å². The maximum atomic E-state index is 11.8. The molecule has 34 heavy (non-hydrogen) atoms. The Bertz CT molecular complexity index is 956. The Balaban J connectivity index is 2.55. The number of carbonyl (C=O) groups excluding carboxylic acids is 4. The molecule has 0 radical (unpaired) electrons. The minimum atomic E-state index is -1.64. The molecule has 2 rings (SSSR count). The fraction of sp³-hybridized carbons (Fsp3) is 0.476. The molecular weight excluding hydrogens is 460 g/mol. The lowest BCUT2D eigenvalue weighted by Crippen LogP contribution is -2.63. The van der Waals surface area contributed by atoms with Gasteiger partial charge in [-0.25, -0.2) is 4.79 Å². The molecular formula is C21H24O13. The van der Waals surface area contributed by atoms with Crippen LogP contribution < -0.4 is 4.74 Å². The van der Waals surface area contributed by atoms with E-state index in [4.69, 9.17) is 28.4 Å². The standard InChI is InChI=1S/C21H24O13/c1-9(22)29-8-15-17(30-10(2)23)18(31-11(3)24)19(32-12(4)25)21(34-15)33-14-7-5-6-13(26)16(14)20(27)28/h5-7,15,17-19,21,26H,8H2,1-4H3,(H,27,28). The highest BCUT2D eigenvalue weighted by molar-refractivity contribution is 5.94. The van der Waals surface area contributed by atoms with Gasteiger partial charge in [0.15, 0.2) is 12.2 Å². The highest BCUT2D eigenvalue weighted by Crippen LogP contribution is 2.34. The predicted octanol–water partition coefficient (Wildman–Crippen LogP) is 0.552. The first-order valence-electron chi connectivity index (χ1n) is 9.93. The number of esters is 4. The molecule has 1 saturated heterocycles. The summed E-state index contributed by atoms with van der Waals surface area (Å²) in [6.07, 6.45) is -7.35. The van der Waals surface area contributed by atoms with Gasteiger partial charge >= 0.3 is 29.8 Å². The Morgan fingerprint density at radius 3 is 1.94 bits per heavy atom. The molecule has 0 aliphatic carbocycles. The van der Waals surface area contributed by atoms with Crippen molar-refractivity contribution in [2.75, 3.05) is 6.61 Å². The predicted molar refractivity (Wildman–Crippen MR) is 108 cm³/mol. The lowest BCUT2D eigenvalue weighted by atomic mass is 9.98. The molecule has 1 heterocycles. The fourth-order valence-corrected chi connectivity index (χ4v) is 3.24. The summed E-state index contributed by atoms with van der Waals surface area (Å²) in [6.45, 7) is 3.81. The maximum absolute atomic E-state index is 11.8. The average molecular weight is 484 g/mol. The van der Waals surface area contributed by atoms with Gasteiger partial charge in [-0.15, -0.1) is 0 Å². The van der Waals surface area contributed by atoms with Crippen LogP contribution in [0.1, 0.15) is 38.1 Å². The van der Waals surface area contributed by atoms with E-state index in [2.05, 4.69) is 0 Å². The number of hydrogen-bond donors (Lipinski definition) is 2. The summed E-state index contributed by atoms with van der Waals surface area (Å²) >= 11 is 0. The summed E-state index contributed by atoms with van der Waals surface area (Å²) in [5.74, 6) is -5.71. The monoisotopic (exact) mass is 484 g/mol. The highest BCUT2D eigenvalue weighted by Gasteiger charge is 2.53. The fourth-order valence-electron chi connectivity index (χ4n) is 3.24. The summed E-state index contributed by atoms with van der Waals surface area (Å²) in [7, 11) is 0. The van der Waals surface area contributed by atoms with Crippen LogP contribution in [0.2, 0.25) is 0 Å². The van der Waals surface area contributed by atoms with Crippen molar-refractivity contribution in [3.05, 3.63) is 23.8 Å². The lowest BCUT2D eigenvalue weighted by molar-refractivity contribution is -0.288. The molecule has 1 aromatic carbocycles. The molecule has 5 atom stereocenters. The summed E-state index contributed by atoms with van der Waals surface area (Å²) in [5.41, 5.74) is -0.615. The molecule has 1 aliphatic rings. The van der Waals surface area contributed by atoms with Crippen molar-refractivity contribution >= 4 is 29.8 Å². The van der Waals surface area contributed by atoms with Gasteiger partial charge in [0, 0.05) is 27.7 Å². The minimum absolute atomic E-state index is 0.367. The third-order valence-electron chi connectivity index (χ3n) is 4.41. The minimum Gasteiger partial charge on any atom is -0.507 e. The van der Waals surface area contributed by atoms with E-state index >= 15 is 0 Å². The number of phenols is 1. The van der Waals surface area contributed by atoms with E-state index in [0.29, 0.717) is 0 Å². The van der Waals surface area contributed by atoms with E-state index < -0.39 is 78.5 Å². The number of carboxylic acid groups (broad SMARTS) is 1. The van der Waals surface area contributed by atoms with Gasteiger partial charge in [0.2, 0.25) is 12.4 Å². The Morgan fingerprint density at radius 2 is 1.41 bits per heavy atom. The Morgan fingerprint density at radius 1 is 0.853 bits per heavy atom. The van der Waals surface area contributed by atoms with Crippen LogP contribution in [-0.4, -0.2) is 77.4 Å². The zero-order valence-corrected chi connectivity index (χ0v) is 18.7. The van der Waals surface area contributed by atoms with Crippen LogP contribution in [0.3, 0.4) is 0 Å². The number of aromatic carboxylic acids is 1. The van der Waals surface area contributed by atoms with Crippen LogP contribution in [0.25, 0.3) is 0 Å². The third-order valence-corrected chi connectivity index (χ3v) is 4.41. The number of hydrogen-bond acceptors (Lipinski definition) is 12. The van der Waals surface area contributed by atoms with E-state index in [1.165, 1.54) is 12.1 Å². The number of carboxylic acids is 1. The smallest absolute Gasteiger partial charge is 0.343 e. The average Bonchev–Trinajstić information content (AvgIpc) is 2.69. The van der Waals surface area contributed by atoms with E-state index in [9.17, 15) is 34.2 Å². The van der Waals surface area contributed by atoms with Crippen molar-refractivity contribution in [1.29, 1.82) is 0 Å². The normalized spacial score (nSPS) is 23.8.